The number of nitrogens with zero attached hydrogens (tertiary/aromatic N) is 3. The first-order valence-corrected chi connectivity index (χ1v) is 6.46. The molecule has 0 amide bonds. The summed E-state index contributed by atoms with van der Waals surface area (Å²) in [6.45, 7) is 5.47. The molecule has 1 aromatic heterocycles. The smallest absolute Gasteiger partial charge is 0.151 e. The van der Waals surface area contributed by atoms with E-state index in [0.717, 1.165) is 18.1 Å². The minimum absolute atomic E-state index is 0.469. The molecule has 0 aromatic carbocycles. The van der Waals surface area contributed by atoms with Gasteiger partial charge in [-0.05, 0) is 6.92 Å². The molecule has 1 fully saturated rings. The summed E-state index contributed by atoms with van der Waals surface area (Å²) in [6, 6.07) is 0.469. The molecule has 0 aliphatic carbocycles. The van der Waals surface area contributed by atoms with Gasteiger partial charge in [-0.1, -0.05) is 18.5 Å². The van der Waals surface area contributed by atoms with Crippen LogP contribution in [0.25, 0.3) is 0 Å². The number of anilines is 1. The lowest BCUT2D eigenvalue weighted by Gasteiger charge is -2.38. The molecular weight excluding hydrogens is 230 g/mol. The van der Waals surface area contributed by atoms with Crippen molar-refractivity contribution in [3.63, 3.8) is 0 Å². The second-order valence-electron chi connectivity index (χ2n) is 3.70. The van der Waals surface area contributed by atoms with E-state index >= 15 is 0 Å². The van der Waals surface area contributed by atoms with Crippen molar-refractivity contribution in [2.24, 2.45) is 0 Å². The van der Waals surface area contributed by atoms with E-state index in [1.807, 2.05) is 11.8 Å². The van der Waals surface area contributed by atoms with E-state index in [1.165, 1.54) is 0 Å². The largest absolute Gasteiger partial charge is 0.351 e. The zero-order valence-electron chi connectivity index (χ0n) is 8.85. The second kappa shape index (κ2) is 4.58. The average Bonchev–Trinajstić information content (AvgIpc) is 2.23. The number of hydrogen-bond acceptors (Lipinski definition) is 4. The molecule has 15 heavy (non-hydrogen) atoms. The van der Waals surface area contributed by atoms with Crippen LogP contribution in [0.3, 0.4) is 0 Å². The molecule has 2 heterocycles. The van der Waals surface area contributed by atoms with Crippen molar-refractivity contribution in [2.45, 2.75) is 25.1 Å². The summed E-state index contributed by atoms with van der Waals surface area (Å²) in [7, 11) is 0. The molecule has 1 aliphatic rings. The number of thioether (sulfide) groups is 1. The Morgan fingerprint density at radius 1 is 1.53 bits per heavy atom. The van der Waals surface area contributed by atoms with Gasteiger partial charge in [0.2, 0.25) is 0 Å². The highest BCUT2D eigenvalue weighted by Crippen LogP contribution is 2.31. The molecule has 0 spiro atoms. The average molecular weight is 244 g/mol. The van der Waals surface area contributed by atoms with Gasteiger partial charge in [0.15, 0.2) is 5.82 Å². The van der Waals surface area contributed by atoms with Crippen LogP contribution in [-0.2, 0) is 0 Å². The van der Waals surface area contributed by atoms with Gasteiger partial charge in [-0.3, -0.25) is 0 Å². The van der Waals surface area contributed by atoms with Crippen LogP contribution >= 0.6 is 23.4 Å². The highest BCUT2D eigenvalue weighted by atomic mass is 35.5. The summed E-state index contributed by atoms with van der Waals surface area (Å²) < 4.78 is 0. The molecule has 1 aromatic rings. The molecule has 1 saturated heterocycles. The maximum absolute atomic E-state index is 6.10. The summed E-state index contributed by atoms with van der Waals surface area (Å²) in [5, 5.41) is 1.26. The van der Waals surface area contributed by atoms with E-state index in [2.05, 4.69) is 28.7 Å². The first kappa shape index (κ1) is 11.0. The van der Waals surface area contributed by atoms with E-state index in [-0.39, 0.29) is 0 Å². The summed E-state index contributed by atoms with van der Waals surface area (Å²) >= 11 is 8.10. The number of halogens is 1. The van der Waals surface area contributed by atoms with Crippen LogP contribution < -0.4 is 4.90 Å². The topological polar surface area (TPSA) is 29.0 Å². The molecule has 1 aliphatic heterocycles. The Bertz CT molecular complexity index is 347. The molecule has 2 atom stereocenters. The summed E-state index contributed by atoms with van der Waals surface area (Å²) in [5.41, 5.74) is 0. The first-order chi connectivity index (χ1) is 7.20. The SMILES string of the molecule is CC1SCCN(c2ncncc2Cl)C1C. The fourth-order valence-electron chi connectivity index (χ4n) is 1.75. The Balaban J connectivity index is 2.26. The Hall–Kier alpha value is -0.480. The van der Waals surface area contributed by atoms with Crippen molar-refractivity contribution < 1.29 is 0 Å². The third-order valence-electron chi connectivity index (χ3n) is 2.80. The zero-order chi connectivity index (χ0) is 10.8. The highest BCUT2D eigenvalue weighted by molar-refractivity contribution is 8.00. The predicted octanol–water partition coefficient (Wildman–Crippen LogP) is 2.46. The molecule has 82 valence electrons. The Kier molecular flexibility index (Phi) is 3.36. The third kappa shape index (κ3) is 2.21. The van der Waals surface area contributed by atoms with Gasteiger partial charge in [0.1, 0.15) is 11.3 Å². The molecule has 5 heteroatoms. The second-order valence-corrected chi connectivity index (χ2v) is 5.60. The van der Waals surface area contributed by atoms with Crippen LogP contribution in [0.5, 0.6) is 0 Å². The van der Waals surface area contributed by atoms with E-state index in [9.17, 15) is 0 Å². The summed E-state index contributed by atoms with van der Waals surface area (Å²) in [6.07, 6.45) is 3.21. The van der Waals surface area contributed by atoms with Crippen molar-refractivity contribution in [3.8, 4) is 0 Å². The molecular formula is C10H14ClN3S. The van der Waals surface area contributed by atoms with E-state index in [1.54, 1.807) is 12.5 Å². The van der Waals surface area contributed by atoms with Gasteiger partial charge in [-0.15, -0.1) is 0 Å². The van der Waals surface area contributed by atoms with Gasteiger partial charge in [0.25, 0.3) is 0 Å². The van der Waals surface area contributed by atoms with Crippen LogP contribution in [0.15, 0.2) is 12.5 Å². The van der Waals surface area contributed by atoms with Crippen LogP contribution in [0.2, 0.25) is 5.02 Å². The number of aromatic nitrogens is 2. The molecule has 3 nitrogen and oxygen atoms in total. The van der Waals surface area contributed by atoms with Gasteiger partial charge in [0, 0.05) is 23.6 Å². The van der Waals surface area contributed by atoms with Crippen LogP contribution in [0.4, 0.5) is 5.82 Å². The molecule has 0 saturated carbocycles. The number of hydrogen-bond donors (Lipinski definition) is 0. The Morgan fingerprint density at radius 2 is 2.33 bits per heavy atom. The molecule has 0 N–H and O–H groups in total. The zero-order valence-corrected chi connectivity index (χ0v) is 10.4. The van der Waals surface area contributed by atoms with Gasteiger partial charge in [0.05, 0.1) is 6.20 Å². The van der Waals surface area contributed by atoms with E-state index in [4.69, 9.17) is 11.6 Å². The fourth-order valence-corrected chi connectivity index (χ4v) is 3.06. The Morgan fingerprint density at radius 3 is 3.07 bits per heavy atom. The van der Waals surface area contributed by atoms with Crippen molar-refractivity contribution in [1.82, 2.24) is 9.97 Å². The van der Waals surface area contributed by atoms with Crippen LogP contribution in [0.1, 0.15) is 13.8 Å². The molecule has 2 unspecified atom stereocenters. The van der Waals surface area contributed by atoms with Gasteiger partial charge < -0.3 is 4.90 Å². The van der Waals surface area contributed by atoms with Gasteiger partial charge in [-0.25, -0.2) is 9.97 Å². The standard InChI is InChI=1S/C10H14ClN3S/c1-7-8(2)15-4-3-14(7)10-9(11)5-12-6-13-10/h5-8H,3-4H2,1-2H3. The summed E-state index contributed by atoms with van der Waals surface area (Å²) in [4.78, 5) is 10.4. The fraction of sp³-hybridized carbons (Fsp3) is 0.600. The molecule has 0 bridgehead atoms. The third-order valence-corrected chi connectivity index (χ3v) is 4.41. The van der Waals surface area contributed by atoms with Gasteiger partial charge in [-0.2, -0.15) is 11.8 Å². The Labute approximate surface area is 99.2 Å². The lowest BCUT2D eigenvalue weighted by Crippen LogP contribution is -2.45. The normalized spacial score (nSPS) is 26.7. The minimum atomic E-state index is 0.469. The van der Waals surface area contributed by atoms with Crippen LogP contribution in [0, 0.1) is 0 Å². The molecule has 2 rings (SSSR count). The van der Waals surface area contributed by atoms with Crippen molar-refractivity contribution >= 4 is 29.2 Å². The van der Waals surface area contributed by atoms with Crippen molar-refractivity contribution in [3.05, 3.63) is 17.5 Å². The summed E-state index contributed by atoms with van der Waals surface area (Å²) in [5.74, 6) is 2.00. The minimum Gasteiger partial charge on any atom is -0.351 e. The van der Waals surface area contributed by atoms with Crippen molar-refractivity contribution in [1.29, 1.82) is 0 Å². The monoisotopic (exact) mass is 243 g/mol. The van der Waals surface area contributed by atoms with Crippen LogP contribution in [-0.4, -0.2) is 33.6 Å². The maximum Gasteiger partial charge on any atom is 0.151 e. The quantitative estimate of drug-likeness (QED) is 0.758. The highest BCUT2D eigenvalue weighted by Gasteiger charge is 2.27. The maximum atomic E-state index is 6.10. The van der Waals surface area contributed by atoms with E-state index in [0.29, 0.717) is 16.3 Å². The predicted molar refractivity (Wildman–Crippen MR) is 65.8 cm³/mol. The van der Waals surface area contributed by atoms with E-state index < -0.39 is 0 Å². The number of rotatable bonds is 1. The van der Waals surface area contributed by atoms with Gasteiger partial charge >= 0.3 is 0 Å². The lowest BCUT2D eigenvalue weighted by atomic mass is 10.2. The molecule has 0 radical (unpaired) electrons. The van der Waals surface area contributed by atoms with Crippen molar-refractivity contribution in [2.75, 3.05) is 17.2 Å². The lowest BCUT2D eigenvalue weighted by molar-refractivity contribution is 0.620. The first-order valence-electron chi connectivity index (χ1n) is 5.04.